The molecule has 0 unspecified atom stereocenters. The number of carbonyl (C=O) groups is 1. The molecule has 20 heavy (non-hydrogen) atoms. The smallest absolute Gasteiger partial charge is 0.417 e. The van der Waals surface area contributed by atoms with Crippen LogP contribution < -0.4 is 0 Å². The molecule has 0 N–H and O–H groups in total. The minimum Gasteiger partial charge on any atom is -0.459 e. The number of halogens is 3. The molecule has 2 rings (SSSR count). The van der Waals surface area contributed by atoms with Crippen LogP contribution in [0.25, 0.3) is 11.6 Å². The van der Waals surface area contributed by atoms with E-state index in [1.54, 1.807) is 6.92 Å². The monoisotopic (exact) mass is 287 g/mol. The second-order valence-corrected chi connectivity index (χ2v) is 3.56. The summed E-state index contributed by atoms with van der Waals surface area (Å²) in [6, 6.07) is 1.90. The predicted molar refractivity (Wildman–Crippen MR) is 58.5 cm³/mol. The van der Waals surface area contributed by atoms with E-state index in [1.165, 1.54) is 0 Å². The van der Waals surface area contributed by atoms with E-state index in [-0.39, 0.29) is 24.1 Å². The Morgan fingerprint density at radius 2 is 2.10 bits per heavy atom. The summed E-state index contributed by atoms with van der Waals surface area (Å²) in [6.45, 7) is 1.74. The summed E-state index contributed by atoms with van der Waals surface area (Å²) in [5.74, 6) is -1.36. The van der Waals surface area contributed by atoms with Crippen LogP contribution in [0.5, 0.6) is 0 Å². The number of carbonyl (C=O) groups excluding carboxylic acids is 1. The van der Waals surface area contributed by atoms with Gasteiger partial charge in [-0.05, 0) is 19.1 Å². The van der Waals surface area contributed by atoms with Crippen LogP contribution in [0.4, 0.5) is 13.2 Å². The van der Waals surface area contributed by atoms with Gasteiger partial charge >= 0.3 is 18.0 Å². The second-order valence-electron chi connectivity index (χ2n) is 3.56. The number of nitrogens with zero attached hydrogens (tertiary/aromatic N) is 3. The van der Waals surface area contributed by atoms with Crippen LogP contribution >= 0.6 is 0 Å². The van der Waals surface area contributed by atoms with Gasteiger partial charge in [0.25, 0.3) is 5.89 Å². The van der Waals surface area contributed by atoms with Gasteiger partial charge in [0.2, 0.25) is 0 Å². The zero-order valence-corrected chi connectivity index (χ0v) is 10.1. The summed E-state index contributed by atoms with van der Waals surface area (Å²) in [4.78, 5) is 14.9. The topological polar surface area (TPSA) is 78.1 Å². The lowest BCUT2D eigenvalue weighted by Gasteiger charge is -2.05. The molecule has 0 aliphatic carbocycles. The van der Waals surface area contributed by atoms with Crippen molar-refractivity contribution >= 4 is 5.97 Å². The predicted octanol–water partition coefficient (Wildman–Crippen LogP) is 2.33. The SMILES string of the molecule is CCOC(=O)c1nnc(-c2ccc(C(F)(F)F)cn2)o1. The molecule has 0 radical (unpaired) electrons. The van der Waals surface area contributed by atoms with E-state index in [1.807, 2.05) is 0 Å². The molecular weight excluding hydrogens is 279 g/mol. The molecule has 2 heterocycles. The molecule has 2 aromatic rings. The highest BCUT2D eigenvalue weighted by molar-refractivity contribution is 5.84. The minimum absolute atomic E-state index is 0.0287. The van der Waals surface area contributed by atoms with Gasteiger partial charge in [-0.25, -0.2) is 4.79 Å². The molecule has 0 aliphatic rings. The summed E-state index contributed by atoms with van der Waals surface area (Å²) in [7, 11) is 0. The molecule has 0 saturated heterocycles. The third-order valence-electron chi connectivity index (χ3n) is 2.18. The quantitative estimate of drug-likeness (QED) is 0.806. The molecule has 6 nitrogen and oxygen atoms in total. The normalized spacial score (nSPS) is 11.4. The number of rotatable bonds is 3. The number of aromatic nitrogens is 3. The van der Waals surface area contributed by atoms with Gasteiger partial charge in [0.05, 0.1) is 12.2 Å². The van der Waals surface area contributed by atoms with Crippen LogP contribution in [-0.4, -0.2) is 27.8 Å². The van der Waals surface area contributed by atoms with Crippen molar-refractivity contribution in [3.63, 3.8) is 0 Å². The summed E-state index contributed by atoms with van der Waals surface area (Å²) < 4.78 is 46.7. The second kappa shape index (κ2) is 5.27. The highest BCUT2D eigenvalue weighted by atomic mass is 19.4. The van der Waals surface area contributed by atoms with Gasteiger partial charge in [-0.15, -0.1) is 10.2 Å². The fourth-order valence-corrected chi connectivity index (χ4v) is 1.29. The third kappa shape index (κ3) is 2.92. The van der Waals surface area contributed by atoms with E-state index >= 15 is 0 Å². The van der Waals surface area contributed by atoms with Crippen molar-refractivity contribution in [2.75, 3.05) is 6.61 Å². The highest BCUT2D eigenvalue weighted by Gasteiger charge is 2.31. The maximum absolute atomic E-state index is 12.4. The van der Waals surface area contributed by atoms with Crippen molar-refractivity contribution in [2.45, 2.75) is 13.1 Å². The minimum atomic E-state index is -4.48. The van der Waals surface area contributed by atoms with Crippen LogP contribution in [-0.2, 0) is 10.9 Å². The van der Waals surface area contributed by atoms with E-state index < -0.39 is 17.7 Å². The first-order valence-corrected chi connectivity index (χ1v) is 5.46. The van der Waals surface area contributed by atoms with Gasteiger partial charge in [0.15, 0.2) is 0 Å². The number of alkyl halides is 3. The van der Waals surface area contributed by atoms with Crippen LogP contribution in [0.3, 0.4) is 0 Å². The fourth-order valence-electron chi connectivity index (χ4n) is 1.29. The Morgan fingerprint density at radius 3 is 2.65 bits per heavy atom. The molecule has 0 aliphatic heterocycles. The number of hydrogen-bond donors (Lipinski definition) is 0. The summed E-state index contributed by atoms with van der Waals surface area (Å²) in [6.07, 6.45) is -3.83. The Balaban J connectivity index is 2.22. The highest BCUT2D eigenvalue weighted by Crippen LogP contribution is 2.29. The van der Waals surface area contributed by atoms with Crippen LogP contribution in [0, 0.1) is 0 Å². The number of hydrogen-bond acceptors (Lipinski definition) is 6. The molecule has 0 fully saturated rings. The molecule has 106 valence electrons. The molecule has 0 bridgehead atoms. The lowest BCUT2D eigenvalue weighted by molar-refractivity contribution is -0.137. The lowest BCUT2D eigenvalue weighted by Crippen LogP contribution is -2.05. The van der Waals surface area contributed by atoms with Gasteiger partial charge in [0.1, 0.15) is 5.69 Å². The van der Waals surface area contributed by atoms with Crippen molar-refractivity contribution in [3.8, 4) is 11.6 Å². The summed E-state index contributed by atoms with van der Waals surface area (Å²) in [5, 5.41) is 6.95. The van der Waals surface area contributed by atoms with Gasteiger partial charge in [-0.2, -0.15) is 13.2 Å². The molecule has 0 spiro atoms. The molecule has 2 aromatic heterocycles. The molecular formula is C11H8F3N3O3. The maximum atomic E-state index is 12.4. The van der Waals surface area contributed by atoms with E-state index in [2.05, 4.69) is 19.9 Å². The van der Waals surface area contributed by atoms with Crippen molar-refractivity contribution in [1.82, 2.24) is 15.2 Å². The largest absolute Gasteiger partial charge is 0.459 e. The average Bonchev–Trinajstić information content (AvgIpc) is 2.88. The Bertz CT molecular complexity index is 607. The standard InChI is InChI=1S/C11H8F3N3O3/c1-2-19-10(18)9-17-16-8(20-9)7-4-3-6(5-15-7)11(12,13)14/h3-5H,2H2,1H3. The molecule has 0 saturated carbocycles. The van der Waals surface area contributed by atoms with E-state index in [9.17, 15) is 18.0 Å². The lowest BCUT2D eigenvalue weighted by atomic mass is 10.2. The summed E-state index contributed by atoms with van der Waals surface area (Å²) in [5.41, 5.74) is -0.868. The van der Waals surface area contributed by atoms with E-state index in [4.69, 9.17) is 4.42 Å². The molecule has 0 atom stereocenters. The van der Waals surface area contributed by atoms with Gasteiger partial charge in [0, 0.05) is 6.20 Å². The maximum Gasteiger partial charge on any atom is 0.417 e. The van der Waals surface area contributed by atoms with Gasteiger partial charge in [-0.1, -0.05) is 0 Å². The fraction of sp³-hybridized carbons (Fsp3) is 0.273. The summed E-state index contributed by atoms with van der Waals surface area (Å²) >= 11 is 0. The third-order valence-corrected chi connectivity index (χ3v) is 2.18. The first-order chi connectivity index (χ1) is 9.41. The molecule has 0 aromatic carbocycles. The number of pyridine rings is 1. The Morgan fingerprint density at radius 1 is 1.35 bits per heavy atom. The van der Waals surface area contributed by atoms with Crippen LogP contribution in [0.1, 0.15) is 23.2 Å². The van der Waals surface area contributed by atoms with Gasteiger partial charge in [-0.3, -0.25) is 4.98 Å². The Hall–Kier alpha value is -2.45. The van der Waals surface area contributed by atoms with Crippen molar-refractivity contribution < 1.29 is 27.1 Å². The van der Waals surface area contributed by atoms with E-state index in [0.29, 0.717) is 6.20 Å². The number of esters is 1. The van der Waals surface area contributed by atoms with Gasteiger partial charge < -0.3 is 9.15 Å². The van der Waals surface area contributed by atoms with Crippen molar-refractivity contribution in [2.24, 2.45) is 0 Å². The zero-order chi connectivity index (χ0) is 14.8. The van der Waals surface area contributed by atoms with Crippen LogP contribution in [0.15, 0.2) is 22.7 Å². The molecule has 9 heteroatoms. The first kappa shape index (κ1) is 14.0. The van der Waals surface area contributed by atoms with Crippen molar-refractivity contribution in [3.05, 3.63) is 29.8 Å². The van der Waals surface area contributed by atoms with Crippen LogP contribution in [0.2, 0.25) is 0 Å². The Labute approximate surface area is 110 Å². The van der Waals surface area contributed by atoms with Crippen molar-refractivity contribution in [1.29, 1.82) is 0 Å². The molecule has 0 amide bonds. The Kier molecular flexibility index (Phi) is 3.68. The average molecular weight is 287 g/mol. The zero-order valence-electron chi connectivity index (χ0n) is 10.1. The van der Waals surface area contributed by atoms with E-state index in [0.717, 1.165) is 12.1 Å². The number of ether oxygens (including phenoxy) is 1. The first-order valence-electron chi connectivity index (χ1n) is 5.46.